The number of aliphatic hydroxyl groups is 1. The van der Waals surface area contributed by atoms with Crippen molar-refractivity contribution in [3.63, 3.8) is 0 Å². The molecule has 0 aromatic heterocycles. The Morgan fingerprint density at radius 3 is 2.68 bits per heavy atom. The molecule has 0 aliphatic carbocycles. The number of nitriles is 1. The van der Waals surface area contributed by atoms with Gasteiger partial charge in [-0.2, -0.15) is 5.26 Å². The van der Waals surface area contributed by atoms with Crippen LogP contribution in [0.2, 0.25) is 0 Å². The number of carbonyl (C=O) groups is 3. The summed E-state index contributed by atoms with van der Waals surface area (Å²) in [5.74, 6) is -1.66. The van der Waals surface area contributed by atoms with Crippen molar-refractivity contribution in [3.8, 4) is 6.07 Å². The van der Waals surface area contributed by atoms with Gasteiger partial charge in [-0.15, -0.1) is 0 Å². The lowest BCUT2D eigenvalue weighted by Gasteiger charge is -2.35. The van der Waals surface area contributed by atoms with Crippen molar-refractivity contribution in [2.24, 2.45) is 0 Å². The Morgan fingerprint density at radius 2 is 1.97 bits per heavy atom. The van der Waals surface area contributed by atoms with E-state index in [1.807, 2.05) is 11.8 Å². The number of rotatable bonds is 6. The van der Waals surface area contributed by atoms with Gasteiger partial charge in [-0.3, -0.25) is 14.5 Å². The summed E-state index contributed by atoms with van der Waals surface area (Å²) in [4.78, 5) is 40.4. The molecule has 34 heavy (non-hydrogen) atoms. The highest BCUT2D eigenvalue weighted by Crippen LogP contribution is 2.29. The maximum Gasteiger partial charge on any atom is 0.338 e. The van der Waals surface area contributed by atoms with Crippen LogP contribution < -0.4 is 0 Å². The van der Waals surface area contributed by atoms with Crippen LogP contribution in [-0.4, -0.2) is 65.3 Å². The number of benzene rings is 2. The number of Topliss-reactive ketones (excluding diaryl/α,β-unsaturated/α-hetero) is 1. The number of halogens is 1. The molecule has 0 saturated carbocycles. The first-order chi connectivity index (χ1) is 16.2. The van der Waals surface area contributed by atoms with Crippen LogP contribution in [0.4, 0.5) is 4.39 Å². The SMILES string of the molecule is Cc1c(C(=O)CN2CCN(C[C@H](O)c3ccc4c(c3C)COC4=O)CC2=O)ccc(F)c1C#N. The Morgan fingerprint density at radius 1 is 1.21 bits per heavy atom. The monoisotopic (exact) mass is 465 g/mol. The maximum atomic E-state index is 13.7. The van der Waals surface area contributed by atoms with Crippen molar-refractivity contribution < 1.29 is 28.6 Å². The number of aliphatic hydroxyl groups excluding tert-OH is 1. The van der Waals surface area contributed by atoms with Gasteiger partial charge in [0, 0.05) is 30.8 Å². The predicted octanol–water partition coefficient (Wildman–Crippen LogP) is 2.05. The largest absolute Gasteiger partial charge is 0.457 e. The second-order valence-electron chi connectivity index (χ2n) is 8.58. The van der Waals surface area contributed by atoms with Gasteiger partial charge in [0.05, 0.1) is 30.3 Å². The molecule has 2 heterocycles. The molecule has 176 valence electrons. The Labute approximate surface area is 196 Å². The molecule has 9 heteroatoms. The summed E-state index contributed by atoms with van der Waals surface area (Å²) < 4.78 is 18.8. The van der Waals surface area contributed by atoms with Crippen molar-refractivity contribution in [1.82, 2.24) is 9.80 Å². The van der Waals surface area contributed by atoms with E-state index in [9.17, 15) is 23.9 Å². The second kappa shape index (κ2) is 9.33. The number of fused-ring (bicyclic) bond motifs is 1. The van der Waals surface area contributed by atoms with Crippen molar-refractivity contribution in [3.05, 3.63) is 69.0 Å². The summed E-state index contributed by atoms with van der Waals surface area (Å²) in [6.45, 7) is 4.41. The summed E-state index contributed by atoms with van der Waals surface area (Å²) >= 11 is 0. The average Bonchev–Trinajstić information content (AvgIpc) is 3.17. The highest BCUT2D eigenvalue weighted by atomic mass is 19.1. The molecule has 1 saturated heterocycles. The third-order valence-electron chi connectivity index (χ3n) is 6.56. The molecule has 2 aromatic carbocycles. The molecule has 2 aliphatic rings. The van der Waals surface area contributed by atoms with Crippen molar-refractivity contribution in [1.29, 1.82) is 5.26 Å². The van der Waals surface area contributed by atoms with E-state index in [-0.39, 0.29) is 60.6 Å². The van der Waals surface area contributed by atoms with E-state index in [4.69, 9.17) is 10.00 Å². The summed E-state index contributed by atoms with van der Waals surface area (Å²) in [5, 5.41) is 19.9. The first-order valence-corrected chi connectivity index (χ1v) is 10.9. The van der Waals surface area contributed by atoms with Crippen LogP contribution in [0.15, 0.2) is 24.3 Å². The number of cyclic esters (lactones) is 1. The standard InChI is InChI=1S/C25H24FN3O5/c1-14-17(5-6-21(26)19(14)9-27)23(31)11-29-8-7-28(12-24(29)32)10-22(30)16-3-4-18-20(15(16)2)13-34-25(18)33/h3-6,22,30H,7-8,10-13H2,1-2H3/t22-/m0/s1. The fraction of sp³-hybridized carbons (Fsp3) is 0.360. The fourth-order valence-electron chi connectivity index (χ4n) is 4.53. The number of hydrogen-bond donors (Lipinski definition) is 1. The first kappa shape index (κ1) is 23.5. The van der Waals surface area contributed by atoms with Gasteiger partial charge in [0.25, 0.3) is 0 Å². The first-order valence-electron chi connectivity index (χ1n) is 10.9. The number of nitrogens with zero attached hydrogens (tertiary/aromatic N) is 3. The van der Waals surface area contributed by atoms with Crippen LogP contribution >= 0.6 is 0 Å². The predicted molar refractivity (Wildman–Crippen MR) is 118 cm³/mol. The normalized spacial score (nSPS) is 16.7. The lowest BCUT2D eigenvalue weighted by molar-refractivity contribution is -0.136. The molecule has 1 amide bonds. The number of piperazine rings is 1. The number of ketones is 1. The molecular formula is C25H24FN3O5. The van der Waals surface area contributed by atoms with Crippen molar-refractivity contribution in [2.75, 3.05) is 32.7 Å². The van der Waals surface area contributed by atoms with E-state index in [1.165, 1.54) is 17.9 Å². The fourth-order valence-corrected chi connectivity index (χ4v) is 4.53. The third kappa shape index (κ3) is 4.30. The lowest BCUT2D eigenvalue weighted by Crippen LogP contribution is -2.52. The van der Waals surface area contributed by atoms with Gasteiger partial charge < -0.3 is 14.7 Å². The number of hydrogen-bond acceptors (Lipinski definition) is 7. The molecule has 0 unspecified atom stereocenters. The molecule has 4 rings (SSSR count). The summed E-state index contributed by atoms with van der Waals surface area (Å²) in [6, 6.07) is 7.55. The Balaban J connectivity index is 1.38. The highest BCUT2D eigenvalue weighted by molar-refractivity contribution is 6.01. The van der Waals surface area contributed by atoms with Crippen LogP contribution in [0.5, 0.6) is 0 Å². The van der Waals surface area contributed by atoms with Crippen LogP contribution in [0.25, 0.3) is 0 Å². The minimum absolute atomic E-state index is 0.0434. The highest BCUT2D eigenvalue weighted by Gasteiger charge is 2.30. The summed E-state index contributed by atoms with van der Waals surface area (Å²) in [6.07, 6.45) is -0.853. The van der Waals surface area contributed by atoms with Crippen molar-refractivity contribution >= 4 is 17.7 Å². The lowest BCUT2D eigenvalue weighted by atomic mass is 9.95. The molecule has 0 radical (unpaired) electrons. The number of esters is 1. The molecule has 1 N–H and O–H groups in total. The van der Waals surface area contributed by atoms with Crippen LogP contribution in [0.1, 0.15) is 54.6 Å². The Bertz CT molecular complexity index is 1240. The van der Waals surface area contributed by atoms with Gasteiger partial charge in [-0.25, -0.2) is 9.18 Å². The van der Waals surface area contributed by atoms with Gasteiger partial charge in [-0.1, -0.05) is 6.07 Å². The quantitative estimate of drug-likeness (QED) is 0.513. The second-order valence-corrected chi connectivity index (χ2v) is 8.58. The number of ether oxygens (including phenoxy) is 1. The number of β-amino-alcohol motifs (C(OH)–C–C–N with tert-alkyl or cyclic N) is 1. The third-order valence-corrected chi connectivity index (χ3v) is 6.56. The zero-order valence-electron chi connectivity index (χ0n) is 18.9. The van der Waals surface area contributed by atoms with Gasteiger partial charge in [0.2, 0.25) is 5.91 Å². The molecule has 0 bridgehead atoms. The Kier molecular flexibility index (Phi) is 6.46. The molecule has 1 atom stereocenters. The topological polar surface area (TPSA) is 111 Å². The van der Waals surface area contributed by atoms with E-state index in [0.29, 0.717) is 24.2 Å². The van der Waals surface area contributed by atoms with E-state index in [2.05, 4.69) is 0 Å². The molecule has 1 fully saturated rings. The Hall–Kier alpha value is -3.61. The van der Waals surface area contributed by atoms with Gasteiger partial charge in [-0.05, 0) is 48.7 Å². The minimum Gasteiger partial charge on any atom is -0.457 e. The number of amides is 1. The van der Waals surface area contributed by atoms with Gasteiger partial charge in [0.15, 0.2) is 5.78 Å². The molecular weight excluding hydrogens is 441 g/mol. The molecule has 8 nitrogen and oxygen atoms in total. The molecule has 2 aliphatic heterocycles. The van der Waals surface area contributed by atoms with E-state index in [1.54, 1.807) is 18.2 Å². The minimum atomic E-state index is -0.853. The smallest absolute Gasteiger partial charge is 0.338 e. The van der Waals surface area contributed by atoms with Crippen LogP contribution in [0.3, 0.4) is 0 Å². The van der Waals surface area contributed by atoms with E-state index < -0.39 is 11.9 Å². The summed E-state index contributed by atoms with van der Waals surface area (Å²) in [5.41, 5.74) is 3.09. The zero-order valence-corrected chi connectivity index (χ0v) is 18.9. The zero-order chi connectivity index (χ0) is 24.6. The van der Waals surface area contributed by atoms with Crippen molar-refractivity contribution in [2.45, 2.75) is 26.6 Å². The molecule has 2 aromatic rings. The van der Waals surface area contributed by atoms with Gasteiger partial charge >= 0.3 is 5.97 Å². The van der Waals surface area contributed by atoms with Gasteiger partial charge in [0.1, 0.15) is 18.5 Å². The average molecular weight is 465 g/mol. The van der Waals surface area contributed by atoms with Crippen LogP contribution in [-0.2, 0) is 16.1 Å². The maximum absolute atomic E-state index is 13.7. The van der Waals surface area contributed by atoms with E-state index in [0.717, 1.165) is 17.2 Å². The van der Waals surface area contributed by atoms with E-state index >= 15 is 0 Å². The summed E-state index contributed by atoms with van der Waals surface area (Å²) in [7, 11) is 0. The molecule has 0 spiro atoms. The number of carbonyl (C=O) groups excluding carboxylic acids is 3. The van der Waals surface area contributed by atoms with Crippen LogP contribution in [0, 0.1) is 31.0 Å².